The molecule has 0 saturated heterocycles. The van der Waals surface area contributed by atoms with E-state index in [0.717, 1.165) is 17.8 Å². The highest BCUT2D eigenvalue weighted by atomic mass is 16.1. The van der Waals surface area contributed by atoms with Crippen molar-refractivity contribution in [1.29, 1.82) is 0 Å². The fraction of sp³-hybridized carbons (Fsp3) is 0.545. The Balaban J connectivity index is 2.40. The molecular weight excluding hydrogens is 190 g/mol. The lowest BCUT2D eigenvalue weighted by atomic mass is 10.2. The largest absolute Gasteiger partial charge is 0.365 e. The van der Waals surface area contributed by atoms with E-state index in [9.17, 15) is 4.79 Å². The van der Waals surface area contributed by atoms with Gasteiger partial charge < -0.3 is 15.6 Å². The molecule has 0 aliphatic carbocycles. The zero-order valence-electron chi connectivity index (χ0n) is 9.55. The smallest absolute Gasteiger partial charge is 0.253 e. The van der Waals surface area contributed by atoms with E-state index in [1.165, 1.54) is 0 Å². The average molecular weight is 209 g/mol. The summed E-state index contributed by atoms with van der Waals surface area (Å²) in [6.45, 7) is 7.56. The summed E-state index contributed by atoms with van der Waals surface area (Å²) in [5.41, 5.74) is 1.63. The molecule has 4 nitrogen and oxygen atoms in total. The van der Waals surface area contributed by atoms with Gasteiger partial charge in [-0.15, -0.1) is 0 Å². The van der Waals surface area contributed by atoms with Gasteiger partial charge >= 0.3 is 0 Å². The number of amides is 1. The van der Waals surface area contributed by atoms with Crippen LogP contribution in [0.4, 0.5) is 0 Å². The molecule has 0 spiro atoms. The van der Waals surface area contributed by atoms with Gasteiger partial charge in [-0.25, -0.2) is 0 Å². The summed E-state index contributed by atoms with van der Waals surface area (Å²) >= 11 is 0. The van der Waals surface area contributed by atoms with E-state index in [1.54, 1.807) is 12.3 Å². The summed E-state index contributed by atoms with van der Waals surface area (Å²) in [6, 6.07) is 2.10. The lowest BCUT2D eigenvalue weighted by Gasteiger charge is -2.12. The summed E-state index contributed by atoms with van der Waals surface area (Å²) in [7, 11) is 0. The van der Waals surface area contributed by atoms with Gasteiger partial charge in [-0.1, -0.05) is 6.92 Å². The van der Waals surface area contributed by atoms with Crippen molar-refractivity contribution >= 4 is 5.91 Å². The van der Waals surface area contributed by atoms with Crippen LogP contribution in [0, 0.1) is 6.92 Å². The van der Waals surface area contributed by atoms with Crippen LogP contribution < -0.4 is 10.6 Å². The SMILES string of the molecule is CCN[C@H](C)CNC(=O)c1cc[nH]c1C. The molecule has 1 rings (SSSR count). The van der Waals surface area contributed by atoms with Crippen LogP contribution in [-0.4, -0.2) is 30.0 Å². The number of hydrogen-bond acceptors (Lipinski definition) is 2. The molecule has 0 aliphatic rings. The Labute approximate surface area is 90.5 Å². The van der Waals surface area contributed by atoms with Crippen molar-refractivity contribution in [3.63, 3.8) is 0 Å². The van der Waals surface area contributed by atoms with Gasteiger partial charge in [0.25, 0.3) is 5.91 Å². The highest BCUT2D eigenvalue weighted by Gasteiger charge is 2.09. The first-order valence-electron chi connectivity index (χ1n) is 5.30. The lowest BCUT2D eigenvalue weighted by molar-refractivity contribution is 0.0950. The Morgan fingerprint density at radius 2 is 2.33 bits per heavy atom. The molecule has 0 saturated carbocycles. The minimum Gasteiger partial charge on any atom is -0.365 e. The summed E-state index contributed by atoms with van der Waals surface area (Å²) < 4.78 is 0. The maximum absolute atomic E-state index is 11.7. The molecule has 1 atom stereocenters. The van der Waals surface area contributed by atoms with E-state index in [-0.39, 0.29) is 5.91 Å². The first-order chi connectivity index (χ1) is 7.15. The van der Waals surface area contributed by atoms with E-state index in [2.05, 4.69) is 22.5 Å². The Kier molecular flexibility index (Phi) is 4.37. The highest BCUT2D eigenvalue weighted by molar-refractivity contribution is 5.95. The lowest BCUT2D eigenvalue weighted by Crippen LogP contribution is -2.38. The van der Waals surface area contributed by atoms with Crippen molar-refractivity contribution in [2.24, 2.45) is 0 Å². The Morgan fingerprint density at radius 3 is 2.87 bits per heavy atom. The zero-order valence-corrected chi connectivity index (χ0v) is 9.55. The van der Waals surface area contributed by atoms with Gasteiger partial charge in [0.15, 0.2) is 0 Å². The minimum atomic E-state index is -0.0153. The van der Waals surface area contributed by atoms with E-state index in [4.69, 9.17) is 0 Å². The molecule has 84 valence electrons. The third-order valence-corrected chi connectivity index (χ3v) is 2.32. The number of likely N-dealkylation sites (N-methyl/N-ethyl adjacent to an activating group) is 1. The predicted molar refractivity (Wildman–Crippen MR) is 61.0 cm³/mol. The van der Waals surface area contributed by atoms with E-state index in [1.807, 2.05) is 13.8 Å². The van der Waals surface area contributed by atoms with Crippen LogP contribution >= 0.6 is 0 Å². The Bertz CT molecular complexity index is 319. The highest BCUT2D eigenvalue weighted by Crippen LogP contribution is 2.03. The number of carbonyl (C=O) groups is 1. The third kappa shape index (κ3) is 3.40. The number of H-pyrrole nitrogens is 1. The molecule has 15 heavy (non-hydrogen) atoms. The standard InChI is InChI=1S/C11H19N3O/c1-4-12-8(2)7-14-11(15)10-5-6-13-9(10)3/h5-6,8,12-13H,4,7H2,1-3H3,(H,14,15)/t8-/m1/s1. The maximum atomic E-state index is 11.7. The predicted octanol–water partition coefficient (Wildman–Crippen LogP) is 1.05. The fourth-order valence-corrected chi connectivity index (χ4v) is 1.46. The molecular formula is C11H19N3O. The van der Waals surface area contributed by atoms with Gasteiger partial charge in [0, 0.05) is 24.5 Å². The van der Waals surface area contributed by atoms with E-state index < -0.39 is 0 Å². The van der Waals surface area contributed by atoms with Crippen molar-refractivity contribution < 1.29 is 4.79 Å². The number of aryl methyl sites for hydroxylation is 1. The summed E-state index contributed by atoms with van der Waals surface area (Å²) in [5, 5.41) is 6.13. The number of hydrogen-bond donors (Lipinski definition) is 3. The molecule has 0 bridgehead atoms. The van der Waals surface area contributed by atoms with Crippen molar-refractivity contribution in [2.75, 3.05) is 13.1 Å². The maximum Gasteiger partial charge on any atom is 0.253 e. The monoisotopic (exact) mass is 209 g/mol. The van der Waals surface area contributed by atoms with Gasteiger partial charge in [-0.2, -0.15) is 0 Å². The van der Waals surface area contributed by atoms with Crippen LogP contribution in [0.5, 0.6) is 0 Å². The van der Waals surface area contributed by atoms with Crippen LogP contribution in [-0.2, 0) is 0 Å². The number of aromatic nitrogens is 1. The van der Waals surface area contributed by atoms with Gasteiger partial charge in [0.1, 0.15) is 0 Å². The van der Waals surface area contributed by atoms with Crippen molar-refractivity contribution in [1.82, 2.24) is 15.6 Å². The molecule has 0 aliphatic heterocycles. The average Bonchev–Trinajstić information content (AvgIpc) is 2.61. The molecule has 0 aromatic carbocycles. The molecule has 0 unspecified atom stereocenters. The fourth-order valence-electron chi connectivity index (χ4n) is 1.46. The third-order valence-electron chi connectivity index (χ3n) is 2.32. The molecule has 1 aromatic heterocycles. The number of aromatic amines is 1. The first-order valence-corrected chi connectivity index (χ1v) is 5.30. The Morgan fingerprint density at radius 1 is 1.60 bits per heavy atom. The quantitative estimate of drug-likeness (QED) is 0.679. The first kappa shape index (κ1) is 11.8. The number of nitrogens with one attached hydrogen (secondary N) is 3. The second kappa shape index (κ2) is 5.56. The van der Waals surface area contributed by atoms with Gasteiger partial charge in [0.2, 0.25) is 0 Å². The topological polar surface area (TPSA) is 56.9 Å². The van der Waals surface area contributed by atoms with Crippen molar-refractivity contribution in [3.05, 3.63) is 23.5 Å². The van der Waals surface area contributed by atoms with Crippen LogP contribution in [0.1, 0.15) is 29.9 Å². The molecule has 4 heteroatoms. The second-order valence-electron chi connectivity index (χ2n) is 3.69. The molecule has 0 radical (unpaired) electrons. The van der Waals surface area contributed by atoms with Gasteiger partial charge in [-0.05, 0) is 26.5 Å². The molecule has 3 N–H and O–H groups in total. The van der Waals surface area contributed by atoms with Crippen molar-refractivity contribution in [3.8, 4) is 0 Å². The van der Waals surface area contributed by atoms with Crippen LogP contribution in [0.25, 0.3) is 0 Å². The second-order valence-corrected chi connectivity index (χ2v) is 3.69. The van der Waals surface area contributed by atoms with E-state index >= 15 is 0 Å². The molecule has 1 heterocycles. The summed E-state index contributed by atoms with van der Waals surface area (Å²) in [6.07, 6.45) is 1.78. The Hall–Kier alpha value is -1.29. The number of rotatable bonds is 5. The van der Waals surface area contributed by atoms with E-state index in [0.29, 0.717) is 12.6 Å². The minimum absolute atomic E-state index is 0.0153. The van der Waals surface area contributed by atoms with Crippen LogP contribution in [0.2, 0.25) is 0 Å². The van der Waals surface area contributed by atoms with Crippen LogP contribution in [0.15, 0.2) is 12.3 Å². The van der Waals surface area contributed by atoms with Gasteiger partial charge in [0.05, 0.1) is 5.56 Å². The number of carbonyl (C=O) groups excluding carboxylic acids is 1. The molecule has 1 aromatic rings. The van der Waals surface area contributed by atoms with Crippen molar-refractivity contribution in [2.45, 2.75) is 26.8 Å². The van der Waals surface area contributed by atoms with Gasteiger partial charge in [-0.3, -0.25) is 4.79 Å². The summed E-state index contributed by atoms with van der Waals surface area (Å²) in [5.74, 6) is -0.0153. The van der Waals surface area contributed by atoms with Crippen LogP contribution in [0.3, 0.4) is 0 Å². The zero-order chi connectivity index (χ0) is 11.3. The molecule has 1 amide bonds. The molecule has 0 fully saturated rings. The summed E-state index contributed by atoms with van der Waals surface area (Å²) in [4.78, 5) is 14.7. The normalized spacial score (nSPS) is 12.5.